The summed E-state index contributed by atoms with van der Waals surface area (Å²) in [5, 5.41) is 5.61. The highest BCUT2D eigenvalue weighted by atomic mass is 79.9. The van der Waals surface area contributed by atoms with Crippen molar-refractivity contribution in [2.75, 3.05) is 10.6 Å². The standard InChI is InChI=1S/C17H12BrFN4O/c18-11-4-6-13(7-5-11)22-17-20-9-8-15(23-17)16(24)21-14-3-1-2-12(19)10-14/h1-10H,(H,21,24)(H,20,22,23). The highest BCUT2D eigenvalue weighted by Gasteiger charge is 2.10. The number of carbonyl (C=O) groups is 1. The molecule has 0 saturated carbocycles. The Labute approximate surface area is 146 Å². The number of halogens is 2. The Morgan fingerprint density at radius 3 is 2.58 bits per heavy atom. The highest BCUT2D eigenvalue weighted by Crippen LogP contribution is 2.17. The number of carbonyl (C=O) groups excluding carboxylic acids is 1. The molecule has 0 aliphatic heterocycles. The van der Waals surface area contributed by atoms with Crippen LogP contribution in [0.2, 0.25) is 0 Å². The van der Waals surface area contributed by atoms with Gasteiger partial charge in [0.1, 0.15) is 11.5 Å². The average molecular weight is 387 g/mol. The summed E-state index contributed by atoms with van der Waals surface area (Å²) in [6.07, 6.45) is 1.48. The van der Waals surface area contributed by atoms with E-state index in [9.17, 15) is 9.18 Å². The molecule has 1 amide bonds. The topological polar surface area (TPSA) is 66.9 Å². The van der Waals surface area contributed by atoms with E-state index >= 15 is 0 Å². The third-order valence-corrected chi connectivity index (χ3v) is 3.60. The quantitative estimate of drug-likeness (QED) is 0.698. The van der Waals surface area contributed by atoms with Crippen molar-refractivity contribution in [3.63, 3.8) is 0 Å². The predicted molar refractivity (Wildman–Crippen MR) is 93.8 cm³/mol. The first-order chi connectivity index (χ1) is 11.6. The molecule has 0 atom stereocenters. The van der Waals surface area contributed by atoms with E-state index < -0.39 is 11.7 Å². The van der Waals surface area contributed by atoms with Gasteiger partial charge in [-0.2, -0.15) is 0 Å². The van der Waals surface area contributed by atoms with Crippen molar-refractivity contribution in [3.05, 3.63) is 76.8 Å². The van der Waals surface area contributed by atoms with E-state index in [2.05, 4.69) is 36.5 Å². The van der Waals surface area contributed by atoms with Crippen molar-refractivity contribution in [1.29, 1.82) is 0 Å². The lowest BCUT2D eigenvalue weighted by molar-refractivity contribution is 0.102. The van der Waals surface area contributed by atoms with Crippen molar-refractivity contribution in [2.24, 2.45) is 0 Å². The van der Waals surface area contributed by atoms with Crippen molar-refractivity contribution < 1.29 is 9.18 Å². The molecular formula is C17H12BrFN4O. The maximum absolute atomic E-state index is 13.2. The second-order valence-electron chi connectivity index (χ2n) is 4.86. The van der Waals surface area contributed by atoms with Gasteiger partial charge in [-0.05, 0) is 48.5 Å². The minimum Gasteiger partial charge on any atom is -0.324 e. The summed E-state index contributed by atoms with van der Waals surface area (Å²) in [4.78, 5) is 20.5. The first-order valence-electron chi connectivity index (χ1n) is 7.03. The molecule has 3 rings (SSSR count). The van der Waals surface area contributed by atoms with Crippen LogP contribution in [-0.2, 0) is 0 Å². The van der Waals surface area contributed by atoms with Crippen LogP contribution in [0.3, 0.4) is 0 Å². The zero-order chi connectivity index (χ0) is 16.9. The van der Waals surface area contributed by atoms with Crippen LogP contribution in [-0.4, -0.2) is 15.9 Å². The van der Waals surface area contributed by atoms with Gasteiger partial charge in [0.05, 0.1) is 0 Å². The minimum absolute atomic E-state index is 0.175. The number of amides is 1. The van der Waals surface area contributed by atoms with Gasteiger partial charge < -0.3 is 10.6 Å². The maximum atomic E-state index is 13.2. The Balaban J connectivity index is 1.74. The third-order valence-electron chi connectivity index (χ3n) is 3.07. The molecule has 5 nitrogen and oxygen atoms in total. The van der Waals surface area contributed by atoms with Crippen LogP contribution in [0.15, 0.2) is 65.3 Å². The molecule has 24 heavy (non-hydrogen) atoms. The first-order valence-corrected chi connectivity index (χ1v) is 7.82. The molecule has 3 aromatic rings. The number of benzene rings is 2. The van der Waals surface area contributed by atoms with E-state index in [0.717, 1.165) is 10.2 Å². The Morgan fingerprint density at radius 1 is 1.04 bits per heavy atom. The van der Waals surface area contributed by atoms with E-state index in [-0.39, 0.29) is 5.69 Å². The van der Waals surface area contributed by atoms with E-state index in [1.807, 2.05) is 24.3 Å². The summed E-state index contributed by atoms with van der Waals surface area (Å²) in [6.45, 7) is 0. The van der Waals surface area contributed by atoms with Gasteiger partial charge in [-0.25, -0.2) is 14.4 Å². The van der Waals surface area contributed by atoms with E-state index in [1.54, 1.807) is 6.07 Å². The Bertz CT molecular complexity index is 870. The fourth-order valence-corrected chi connectivity index (χ4v) is 2.23. The smallest absolute Gasteiger partial charge is 0.274 e. The molecule has 0 aliphatic carbocycles. The molecule has 0 radical (unpaired) electrons. The molecular weight excluding hydrogens is 375 g/mol. The van der Waals surface area contributed by atoms with Crippen molar-refractivity contribution in [1.82, 2.24) is 9.97 Å². The van der Waals surface area contributed by atoms with Crippen LogP contribution in [0.5, 0.6) is 0 Å². The van der Waals surface area contributed by atoms with Crippen LogP contribution < -0.4 is 10.6 Å². The zero-order valence-corrected chi connectivity index (χ0v) is 13.9. The lowest BCUT2D eigenvalue weighted by Crippen LogP contribution is -2.14. The number of nitrogens with one attached hydrogen (secondary N) is 2. The number of hydrogen-bond acceptors (Lipinski definition) is 4. The number of anilines is 3. The first kappa shape index (κ1) is 16.1. The third kappa shape index (κ3) is 4.14. The summed E-state index contributed by atoms with van der Waals surface area (Å²) < 4.78 is 14.1. The van der Waals surface area contributed by atoms with Gasteiger partial charge in [0.15, 0.2) is 0 Å². The van der Waals surface area contributed by atoms with Crippen molar-refractivity contribution in [2.45, 2.75) is 0 Å². The molecule has 120 valence electrons. The van der Waals surface area contributed by atoms with Gasteiger partial charge in [-0.1, -0.05) is 22.0 Å². The number of hydrogen-bond donors (Lipinski definition) is 2. The fraction of sp³-hybridized carbons (Fsp3) is 0. The number of rotatable bonds is 4. The minimum atomic E-state index is -0.443. The Morgan fingerprint density at radius 2 is 1.83 bits per heavy atom. The molecule has 0 bridgehead atoms. The van der Waals surface area contributed by atoms with Gasteiger partial charge in [-0.15, -0.1) is 0 Å². The molecule has 2 N–H and O–H groups in total. The number of aromatic nitrogens is 2. The van der Waals surface area contributed by atoms with Gasteiger partial charge >= 0.3 is 0 Å². The van der Waals surface area contributed by atoms with Gasteiger partial charge in [0.2, 0.25) is 5.95 Å². The summed E-state index contributed by atoms with van der Waals surface area (Å²) >= 11 is 3.36. The molecule has 2 aromatic carbocycles. The lowest BCUT2D eigenvalue weighted by Gasteiger charge is -2.07. The highest BCUT2D eigenvalue weighted by molar-refractivity contribution is 9.10. The second-order valence-corrected chi connectivity index (χ2v) is 5.78. The monoisotopic (exact) mass is 386 g/mol. The summed E-state index contributed by atoms with van der Waals surface area (Å²) in [6, 6.07) is 14.6. The fourth-order valence-electron chi connectivity index (χ4n) is 1.97. The van der Waals surface area contributed by atoms with Gasteiger partial charge in [-0.3, -0.25) is 4.79 Å². The van der Waals surface area contributed by atoms with Gasteiger partial charge in [0.25, 0.3) is 5.91 Å². The molecule has 0 aliphatic rings. The zero-order valence-electron chi connectivity index (χ0n) is 12.3. The maximum Gasteiger partial charge on any atom is 0.274 e. The van der Waals surface area contributed by atoms with Crippen LogP contribution >= 0.6 is 15.9 Å². The molecule has 0 saturated heterocycles. The molecule has 1 heterocycles. The van der Waals surface area contributed by atoms with Crippen molar-refractivity contribution in [3.8, 4) is 0 Å². The van der Waals surface area contributed by atoms with Gasteiger partial charge in [0, 0.05) is 22.0 Å². The average Bonchev–Trinajstić information content (AvgIpc) is 2.57. The number of nitrogens with zero attached hydrogens (tertiary/aromatic N) is 2. The van der Waals surface area contributed by atoms with Crippen LogP contribution in [0.1, 0.15) is 10.5 Å². The van der Waals surface area contributed by atoms with Crippen LogP contribution in [0.4, 0.5) is 21.7 Å². The second kappa shape index (κ2) is 7.18. The molecule has 0 fully saturated rings. The summed E-state index contributed by atoms with van der Waals surface area (Å²) in [5.41, 5.74) is 1.33. The Kier molecular flexibility index (Phi) is 4.81. The van der Waals surface area contributed by atoms with Crippen molar-refractivity contribution >= 4 is 39.2 Å². The van der Waals surface area contributed by atoms with E-state index in [4.69, 9.17) is 0 Å². The molecule has 7 heteroatoms. The summed E-state index contributed by atoms with van der Waals surface area (Å²) in [7, 11) is 0. The lowest BCUT2D eigenvalue weighted by atomic mass is 10.3. The Hall–Kier alpha value is -2.80. The normalized spacial score (nSPS) is 10.2. The van der Waals surface area contributed by atoms with E-state index in [1.165, 1.54) is 30.5 Å². The predicted octanol–water partition coefficient (Wildman–Crippen LogP) is 4.37. The van der Waals surface area contributed by atoms with Crippen LogP contribution in [0.25, 0.3) is 0 Å². The SMILES string of the molecule is O=C(Nc1cccc(F)c1)c1ccnc(Nc2ccc(Br)cc2)n1. The molecule has 0 unspecified atom stereocenters. The van der Waals surface area contributed by atoms with E-state index in [0.29, 0.717) is 11.6 Å². The molecule has 1 aromatic heterocycles. The van der Waals surface area contributed by atoms with Crippen LogP contribution in [0, 0.1) is 5.82 Å². The summed E-state index contributed by atoms with van der Waals surface area (Å²) in [5.74, 6) is -0.570. The largest absolute Gasteiger partial charge is 0.324 e. The molecule has 0 spiro atoms.